The van der Waals surface area contributed by atoms with Crippen LogP contribution in [0.5, 0.6) is 0 Å². The van der Waals surface area contributed by atoms with E-state index in [0.717, 1.165) is 10.6 Å². The molecule has 1 aromatic carbocycles. The third-order valence-electron chi connectivity index (χ3n) is 3.12. The summed E-state index contributed by atoms with van der Waals surface area (Å²) in [6.45, 7) is 8.21. The number of rotatable bonds is 6. The standard InChI is InChI=1S/C16H18N2O2S/c1-3-9-18(10-4-2)15(19)11-14-16(20)17-12-7-5-6-8-13(12)21-14/h3-8,14H,1-2,9-11H2,(H,17,20). The number of nitrogens with zero attached hydrogens (tertiary/aromatic N) is 1. The number of hydrogen-bond acceptors (Lipinski definition) is 3. The molecule has 1 N–H and O–H groups in total. The van der Waals surface area contributed by atoms with Crippen molar-refractivity contribution in [1.82, 2.24) is 4.90 Å². The van der Waals surface area contributed by atoms with E-state index in [-0.39, 0.29) is 18.2 Å². The van der Waals surface area contributed by atoms with Crippen LogP contribution in [-0.4, -0.2) is 35.1 Å². The number of para-hydroxylation sites is 1. The van der Waals surface area contributed by atoms with E-state index >= 15 is 0 Å². The minimum absolute atomic E-state index is 0.0677. The molecule has 1 aliphatic heterocycles. The molecule has 1 aliphatic rings. The Kier molecular flexibility index (Phi) is 5.22. The van der Waals surface area contributed by atoms with Crippen LogP contribution in [0, 0.1) is 0 Å². The number of carbonyl (C=O) groups excluding carboxylic acids is 2. The summed E-state index contributed by atoms with van der Waals surface area (Å²) in [6.07, 6.45) is 3.52. The molecule has 110 valence electrons. The van der Waals surface area contributed by atoms with Gasteiger partial charge in [-0.15, -0.1) is 24.9 Å². The molecule has 0 saturated heterocycles. The molecule has 0 aromatic heterocycles. The van der Waals surface area contributed by atoms with E-state index in [2.05, 4.69) is 18.5 Å². The summed E-state index contributed by atoms with van der Waals surface area (Å²) in [4.78, 5) is 27.0. The van der Waals surface area contributed by atoms with Crippen molar-refractivity contribution < 1.29 is 9.59 Å². The Labute approximate surface area is 128 Å². The summed E-state index contributed by atoms with van der Waals surface area (Å²) in [7, 11) is 0. The number of thioether (sulfide) groups is 1. The highest BCUT2D eigenvalue weighted by molar-refractivity contribution is 8.01. The van der Waals surface area contributed by atoms with Gasteiger partial charge in [0.05, 0.1) is 10.9 Å². The first-order valence-electron chi connectivity index (χ1n) is 6.71. The van der Waals surface area contributed by atoms with Gasteiger partial charge in [0.25, 0.3) is 0 Å². The Bertz CT molecular complexity index is 561. The summed E-state index contributed by atoms with van der Waals surface area (Å²) in [5, 5.41) is 2.45. The second-order valence-corrected chi connectivity index (χ2v) is 5.92. The number of benzene rings is 1. The number of fused-ring (bicyclic) bond motifs is 1. The Hall–Kier alpha value is -2.01. The van der Waals surface area contributed by atoms with Gasteiger partial charge in [-0.2, -0.15) is 0 Å². The van der Waals surface area contributed by atoms with Gasteiger partial charge in [-0.05, 0) is 12.1 Å². The van der Waals surface area contributed by atoms with E-state index in [1.807, 2.05) is 24.3 Å². The molecule has 2 rings (SSSR count). The van der Waals surface area contributed by atoms with E-state index in [0.29, 0.717) is 13.1 Å². The SMILES string of the molecule is C=CCN(CC=C)C(=O)CC1Sc2ccccc2NC1=O. The minimum atomic E-state index is -0.399. The van der Waals surface area contributed by atoms with Crippen LogP contribution >= 0.6 is 11.8 Å². The lowest BCUT2D eigenvalue weighted by atomic mass is 10.2. The predicted molar refractivity (Wildman–Crippen MR) is 86.3 cm³/mol. The predicted octanol–water partition coefficient (Wildman–Crippen LogP) is 2.69. The number of amides is 2. The second-order valence-electron chi connectivity index (χ2n) is 4.67. The average molecular weight is 302 g/mol. The van der Waals surface area contributed by atoms with E-state index in [1.165, 1.54) is 11.8 Å². The maximum absolute atomic E-state index is 12.3. The van der Waals surface area contributed by atoms with Crippen LogP contribution in [-0.2, 0) is 9.59 Å². The van der Waals surface area contributed by atoms with Crippen LogP contribution in [0.4, 0.5) is 5.69 Å². The van der Waals surface area contributed by atoms with Gasteiger partial charge in [0.1, 0.15) is 0 Å². The highest BCUT2D eigenvalue weighted by Crippen LogP contribution is 2.36. The molecule has 5 heteroatoms. The lowest BCUT2D eigenvalue weighted by Gasteiger charge is -2.26. The van der Waals surface area contributed by atoms with Gasteiger partial charge in [0, 0.05) is 24.4 Å². The molecule has 0 saturated carbocycles. The van der Waals surface area contributed by atoms with Crippen LogP contribution in [0.25, 0.3) is 0 Å². The summed E-state index contributed by atoms with van der Waals surface area (Å²) in [5.74, 6) is -0.189. The van der Waals surface area contributed by atoms with Crippen molar-refractivity contribution in [2.45, 2.75) is 16.6 Å². The molecule has 1 aromatic rings. The fourth-order valence-corrected chi connectivity index (χ4v) is 3.21. The normalized spacial score (nSPS) is 16.6. The quantitative estimate of drug-likeness (QED) is 0.822. The minimum Gasteiger partial charge on any atom is -0.335 e. The van der Waals surface area contributed by atoms with Crippen LogP contribution in [0.15, 0.2) is 54.5 Å². The van der Waals surface area contributed by atoms with Gasteiger partial charge in [0.15, 0.2) is 0 Å². The molecule has 0 radical (unpaired) electrons. The molecule has 1 atom stereocenters. The first-order valence-corrected chi connectivity index (χ1v) is 7.59. The van der Waals surface area contributed by atoms with Crippen LogP contribution < -0.4 is 5.32 Å². The third kappa shape index (κ3) is 3.76. The molecule has 1 heterocycles. The van der Waals surface area contributed by atoms with Crippen LogP contribution in [0.2, 0.25) is 0 Å². The molecule has 21 heavy (non-hydrogen) atoms. The zero-order valence-electron chi connectivity index (χ0n) is 11.7. The van der Waals surface area contributed by atoms with E-state index in [1.54, 1.807) is 17.1 Å². The van der Waals surface area contributed by atoms with Crippen molar-refractivity contribution in [2.24, 2.45) is 0 Å². The van der Waals surface area contributed by atoms with Crippen LogP contribution in [0.1, 0.15) is 6.42 Å². The van der Waals surface area contributed by atoms with Crippen molar-refractivity contribution in [3.63, 3.8) is 0 Å². The zero-order valence-corrected chi connectivity index (χ0v) is 12.6. The Morgan fingerprint density at radius 3 is 2.62 bits per heavy atom. The molecule has 0 bridgehead atoms. The molecule has 0 fully saturated rings. The van der Waals surface area contributed by atoms with Crippen molar-refractivity contribution >= 4 is 29.3 Å². The van der Waals surface area contributed by atoms with Gasteiger partial charge in [-0.3, -0.25) is 9.59 Å². The second kappa shape index (κ2) is 7.13. The van der Waals surface area contributed by atoms with E-state index in [4.69, 9.17) is 0 Å². The fraction of sp³-hybridized carbons (Fsp3) is 0.250. The van der Waals surface area contributed by atoms with E-state index < -0.39 is 5.25 Å². The van der Waals surface area contributed by atoms with Crippen molar-refractivity contribution in [3.8, 4) is 0 Å². The Balaban J connectivity index is 2.05. The largest absolute Gasteiger partial charge is 0.335 e. The number of anilines is 1. The van der Waals surface area contributed by atoms with Crippen molar-refractivity contribution in [2.75, 3.05) is 18.4 Å². The molecular formula is C16H18N2O2S. The maximum atomic E-state index is 12.3. The monoisotopic (exact) mass is 302 g/mol. The lowest BCUT2D eigenvalue weighted by molar-refractivity contribution is -0.131. The molecule has 0 spiro atoms. The molecular weight excluding hydrogens is 284 g/mol. The third-order valence-corrected chi connectivity index (χ3v) is 4.39. The van der Waals surface area contributed by atoms with Gasteiger partial charge in [-0.1, -0.05) is 24.3 Å². The molecule has 4 nitrogen and oxygen atoms in total. The van der Waals surface area contributed by atoms with Gasteiger partial charge >= 0.3 is 0 Å². The van der Waals surface area contributed by atoms with Gasteiger partial charge in [0.2, 0.25) is 11.8 Å². The summed E-state index contributed by atoms with van der Waals surface area (Å²) >= 11 is 1.44. The molecule has 0 aliphatic carbocycles. The molecule has 2 amide bonds. The summed E-state index contributed by atoms with van der Waals surface area (Å²) in [5.41, 5.74) is 0.810. The number of hydrogen-bond donors (Lipinski definition) is 1. The topological polar surface area (TPSA) is 49.4 Å². The molecule has 1 unspecified atom stereocenters. The van der Waals surface area contributed by atoms with Gasteiger partial charge < -0.3 is 10.2 Å². The summed E-state index contributed by atoms with van der Waals surface area (Å²) < 4.78 is 0. The Morgan fingerprint density at radius 2 is 1.95 bits per heavy atom. The first-order chi connectivity index (χ1) is 10.2. The fourth-order valence-electron chi connectivity index (χ4n) is 2.10. The maximum Gasteiger partial charge on any atom is 0.238 e. The number of nitrogens with one attached hydrogen (secondary N) is 1. The number of carbonyl (C=O) groups is 2. The van der Waals surface area contributed by atoms with Gasteiger partial charge in [-0.25, -0.2) is 0 Å². The van der Waals surface area contributed by atoms with Crippen LogP contribution in [0.3, 0.4) is 0 Å². The smallest absolute Gasteiger partial charge is 0.238 e. The first kappa shape index (κ1) is 15.4. The van der Waals surface area contributed by atoms with E-state index in [9.17, 15) is 9.59 Å². The Morgan fingerprint density at radius 1 is 1.29 bits per heavy atom. The van der Waals surface area contributed by atoms with Crippen molar-refractivity contribution in [3.05, 3.63) is 49.6 Å². The summed E-state index contributed by atoms with van der Waals surface area (Å²) in [6, 6.07) is 7.60. The average Bonchev–Trinajstić information content (AvgIpc) is 2.47. The highest BCUT2D eigenvalue weighted by Gasteiger charge is 2.29. The zero-order chi connectivity index (χ0) is 15.2. The van der Waals surface area contributed by atoms with Crippen molar-refractivity contribution in [1.29, 1.82) is 0 Å². The lowest BCUT2D eigenvalue weighted by Crippen LogP contribution is -2.37. The highest BCUT2D eigenvalue weighted by atomic mass is 32.2.